The van der Waals surface area contributed by atoms with Crippen molar-refractivity contribution in [1.82, 2.24) is 9.80 Å². The van der Waals surface area contributed by atoms with E-state index in [1.807, 2.05) is 0 Å². The first kappa shape index (κ1) is 55.1. The molecule has 0 heterocycles. The molecule has 0 saturated carbocycles. The normalized spacial score (nSPS) is 12.6. The minimum Gasteiger partial charge on any atom is -0.465 e. The van der Waals surface area contributed by atoms with Crippen molar-refractivity contribution >= 4 is 18.1 Å². The van der Waals surface area contributed by atoms with Crippen LogP contribution < -0.4 is 0 Å². The van der Waals surface area contributed by atoms with E-state index >= 15 is 0 Å². The van der Waals surface area contributed by atoms with Gasteiger partial charge in [-0.05, 0) is 70.4 Å². The van der Waals surface area contributed by atoms with Crippen LogP contribution >= 0.6 is 0 Å². The molecule has 0 aromatic carbocycles. The average molecular weight is 811 g/mol. The summed E-state index contributed by atoms with van der Waals surface area (Å²) in [4.78, 5) is 42.1. The highest BCUT2D eigenvalue weighted by atomic mass is 16.7. The van der Waals surface area contributed by atoms with E-state index in [0.29, 0.717) is 45.1 Å². The van der Waals surface area contributed by atoms with Crippen molar-refractivity contribution in [2.75, 3.05) is 59.1 Å². The lowest BCUT2D eigenvalue weighted by atomic mass is 9.96. The number of likely N-dealkylation sites (N-methyl/N-ethyl adjacent to an activating group) is 1. The maximum Gasteiger partial charge on any atom is 0.508 e. The van der Waals surface area contributed by atoms with Gasteiger partial charge in [0.15, 0.2) is 0 Å². The molecule has 0 aliphatic rings. The molecule has 0 bridgehead atoms. The molecule has 0 aromatic heterocycles. The minimum atomic E-state index is -0.573. The average Bonchev–Trinajstić information content (AvgIpc) is 3.20. The summed E-state index contributed by atoms with van der Waals surface area (Å²) >= 11 is 0. The van der Waals surface area contributed by atoms with Gasteiger partial charge in [-0.25, -0.2) is 4.79 Å². The lowest BCUT2D eigenvalue weighted by molar-refractivity contribution is -0.145. The summed E-state index contributed by atoms with van der Waals surface area (Å²) in [5.74, 6) is 0.372. The van der Waals surface area contributed by atoms with Crippen LogP contribution in [0.15, 0.2) is 0 Å². The predicted octanol–water partition coefficient (Wildman–Crippen LogP) is 12.9. The van der Waals surface area contributed by atoms with Crippen LogP contribution in [0.25, 0.3) is 0 Å². The highest BCUT2D eigenvalue weighted by Gasteiger charge is 2.17. The number of hydrogen-bond donors (Lipinski definition) is 0. The molecule has 0 N–H and O–H groups in total. The van der Waals surface area contributed by atoms with E-state index in [0.717, 1.165) is 103 Å². The quantitative estimate of drug-likeness (QED) is 0.0339. The lowest BCUT2D eigenvalue weighted by Gasteiger charge is -2.26. The number of rotatable bonds is 43. The Bertz CT molecular complexity index is 900. The van der Waals surface area contributed by atoms with Gasteiger partial charge >= 0.3 is 18.1 Å². The molecule has 0 aliphatic carbocycles. The Kier molecular flexibility index (Phi) is 40.9. The summed E-state index contributed by atoms with van der Waals surface area (Å²) in [6.07, 6.45) is 29.7. The molecule has 2 atom stereocenters. The van der Waals surface area contributed by atoms with Gasteiger partial charge in [-0.3, -0.25) is 14.5 Å². The van der Waals surface area contributed by atoms with Gasteiger partial charge in [0.25, 0.3) is 0 Å². The molecule has 0 spiro atoms. The minimum absolute atomic E-state index is 0.0254. The number of hydrogen-bond acceptors (Lipinski definition) is 9. The smallest absolute Gasteiger partial charge is 0.465 e. The second-order valence-corrected chi connectivity index (χ2v) is 16.5. The molecule has 0 rings (SSSR count). The van der Waals surface area contributed by atoms with Crippen molar-refractivity contribution in [2.24, 2.45) is 5.92 Å². The number of unbranched alkanes of at least 4 members (excludes halogenated alkanes) is 17. The molecule has 9 nitrogen and oxygen atoms in total. The van der Waals surface area contributed by atoms with Crippen LogP contribution in [0, 0.1) is 5.92 Å². The van der Waals surface area contributed by atoms with Gasteiger partial charge < -0.3 is 23.8 Å². The number of ether oxygens (including phenoxy) is 4. The maximum absolute atomic E-state index is 12.8. The molecule has 0 saturated heterocycles. The first-order valence-corrected chi connectivity index (χ1v) is 24.4. The molecule has 338 valence electrons. The predicted molar refractivity (Wildman–Crippen MR) is 238 cm³/mol. The van der Waals surface area contributed by atoms with Crippen molar-refractivity contribution < 1.29 is 33.3 Å². The number of carbonyl (C=O) groups is 3. The summed E-state index contributed by atoms with van der Waals surface area (Å²) in [5.41, 5.74) is 0. The first-order valence-electron chi connectivity index (χ1n) is 24.4. The SMILES string of the molecule is CCCCCCCC(=O)OCCN(CCOC(=O)OC(CCCCCC)CCCCCCCCCC(=O)OCC(CCCC)CCCCCC)CCN(CC)CC. The molecular weight excluding hydrogens is 717 g/mol. The molecule has 0 aliphatic heterocycles. The second-order valence-electron chi connectivity index (χ2n) is 16.5. The zero-order valence-corrected chi connectivity index (χ0v) is 38.6. The van der Waals surface area contributed by atoms with Crippen molar-refractivity contribution in [3.63, 3.8) is 0 Å². The van der Waals surface area contributed by atoms with Crippen molar-refractivity contribution in [2.45, 2.75) is 227 Å². The molecule has 57 heavy (non-hydrogen) atoms. The van der Waals surface area contributed by atoms with E-state index < -0.39 is 6.16 Å². The first-order chi connectivity index (χ1) is 27.8. The highest BCUT2D eigenvalue weighted by molar-refractivity contribution is 5.69. The topological polar surface area (TPSA) is 94.6 Å². The fraction of sp³-hybridized carbons (Fsp3) is 0.938. The third-order valence-electron chi connectivity index (χ3n) is 11.4. The Hall–Kier alpha value is -1.87. The molecule has 0 aromatic rings. The largest absolute Gasteiger partial charge is 0.508 e. The second kappa shape index (κ2) is 42.3. The number of carbonyl (C=O) groups excluding carboxylic acids is 3. The van der Waals surface area contributed by atoms with E-state index in [1.54, 1.807) is 0 Å². The maximum atomic E-state index is 12.8. The fourth-order valence-corrected chi connectivity index (χ4v) is 7.35. The van der Waals surface area contributed by atoms with Gasteiger partial charge in [-0.2, -0.15) is 0 Å². The van der Waals surface area contributed by atoms with Gasteiger partial charge in [0, 0.05) is 39.0 Å². The molecule has 0 amide bonds. The molecular formula is C48H94N2O7. The van der Waals surface area contributed by atoms with Crippen LogP contribution in [0.1, 0.15) is 221 Å². The van der Waals surface area contributed by atoms with Crippen LogP contribution in [0.4, 0.5) is 4.79 Å². The molecule has 9 heteroatoms. The third-order valence-corrected chi connectivity index (χ3v) is 11.4. The Morgan fingerprint density at radius 2 is 0.842 bits per heavy atom. The summed E-state index contributed by atoms with van der Waals surface area (Å²) in [6, 6.07) is 0. The van der Waals surface area contributed by atoms with Crippen molar-refractivity contribution in [3.8, 4) is 0 Å². The lowest BCUT2D eigenvalue weighted by Crippen LogP contribution is -2.39. The summed E-state index contributed by atoms with van der Waals surface area (Å²) in [5, 5.41) is 0. The number of nitrogens with zero attached hydrogens (tertiary/aromatic N) is 2. The zero-order chi connectivity index (χ0) is 42.0. The zero-order valence-electron chi connectivity index (χ0n) is 38.6. The van der Waals surface area contributed by atoms with Crippen LogP contribution in [0.2, 0.25) is 0 Å². The third kappa shape index (κ3) is 36.9. The van der Waals surface area contributed by atoms with Gasteiger partial charge in [0.1, 0.15) is 19.3 Å². The summed E-state index contributed by atoms with van der Waals surface area (Å²) in [6.45, 7) is 19.3. The number of esters is 2. The Labute approximate surface area is 352 Å². The van der Waals surface area contributed by atoms with Gasteiger partial charge in [-0.1, -0.05) is 157 Å². The fourth-order valence-electron chi connectivity index (χ4n) is 7.35. The summed E-state index contributed by atoms with van der Waals surface area (Å²) in [7, 11) is 0. The van der Waals surface area contributed by atoms with E-state index in [9.17, 15) is 14.4 Å². The van der Waals surface area contributed by atoms with Crippen LogP contribution in [-0.4, -0.2) is 93.1 Å². The standard InChI is InChI=1S/C48H94N2O7/c1-7-13-17-23-29-35-46(51)54-41-39-50(38-37-49(11-5)12-6)40-42-55-48(53)57-45(33-27-19-15-9-3)34-28-24-21-20-22-25-30-36-47(52)56-43-44(31-16-10-4)32-26-18-14-8-2/h44-45H,7-43H2,1-6H3. The van der Waals surface area contributed by atoms with E-state index in [2.05, 4.69) is 51.3 Å². The van der Waals surface area contributed by atoms with Gasteiger partial charge in [0.2, 0.25) is 0 Å². The van der Waals surface area contributed by atoms with E-state index in [1.165, 1.54) is 89.9 Å². The van der Waals surface area contributed by atoms with Crippen molar-refractivity contribution in [1.29, 1.82) is 0 Å². The molecule has 0 radical (unpaired) electrons. The summed E-state index contributed by atoms with van der Waals surface area (Å²) < 4.78 is 22.8. The Balaban J connectivity index is 4.53. The monoisotopic (exact) mass is 811 g/mol. The highest BCUT2D eigenvalue weighted by Crippen LogP contribution is 2.20. The Morgan fingerprint density at radius 1 is 0.421 bits per heavy atom. The van der Waals surface area contributed by atoms with Gasteiger partial charge in [-0.15, -0.1) is 0 Å². The van der Waals surface area contributed by atoms with E-state index in [4.69, 9.17) is 18.9 Å². The Morgan fingerprint density at radius 3 is 1.39 bits per heavy atom. The molecule has 0 fully saturated rings. The van der Waals surface area contributed by atoms with Crippen LogP contribution in [0.3, 0.4) is 0 Å². The van der Waals surface area contributed by atoms with Crippen LogP contribution in [0.5, 0.6) is 0 Å². The molecule has 2 unspecified atom stereocenters. The van der Waals surface area contributed by atoms with Crippen LogP contribution in [-0.2, 0) is 28.5 Å². The van der Waals surface area contributed by atoms with Gasteiger partial charge in [0.05, 0.1) is 6.61 Å². The van der Waals surface area contributed by atoms with Crippen molar-refractivity contribution in [3.05, 3.63) is 0 Å². The van der Waals surface area contributed by atoms with E-state index in [-0.39, 0.29) is 24.6 Å².